The van der Waals surface area contributed by atoms with Gasteiger partial charge in [-0.15, -0.1) is 0 Å². The van der Waals surface area contributed by atoms with Crippen LogP contribution in [0.2, 0.25) is 5.02 Å². The SMILES string of the molecule is CC(C)n1ncc2cc(C(=O)Nc3ccc(N4C(=O)c5ccccc5C4=O)c(Cl)c3)cnc21. The lowest BCUT2D eigenvalue weighted by atomic mass is 10.1. The molecule has 2 aromatic carbocycles. The molecule has 4 aromatic rings. The number of pyridine rings is 1. The van der Waals surface area contributed by atoms with Crippen LogP contribution in [0.1, 0.15) is 51.0 Å². The van der Waals surface area contributed by atoms with Crippen molar-refractivity contribution in [3.05, 3.63) is 82.6 Å². The minimum Gasteiger partial charge on any atom is -0.322 e. The smallest absolute Gasteiger partial charge is 0.266 e. The van der Waals surface area contributed by atoms with E-state index in [4.69, 9.17) is 11.6 Å². The molecule has 0 spiro atoms. The lowest BCUT2D eigenvalue weighted by molar-refractivity contribution is 0.0924. The van der Waals surface area contributed by atoms with Gasteiger partial charge in [-0.1, -0.05) is 23.7 Å². The van der Waals surface area contributed by atoms with E-state index in [1.165, 1.54) is 18.3 Å². The Kier molecular flexibility index (Phi) is 4.94. The highest BCUT2D eigenvalue weighted by molar-refractivity contribution is 6.40. The van der Waals surface area contributed by atoms with E-state index >= 15 is 0 Å². The fourth-order valence-corrected chi connectivity index (χ4v) is 4.08. The van der Waals surface area contributed by atoms with Crippen molar-refractivity contribution in [1.82, 2.24) is 14.8 Å². The van der Waals surface area contributed by atoms with E-state index in [0.29, 0.717) is 28.0 Å². The molecule has 0 fully saturated rings. The number of rotatable bonds is 4. The zero-order valence-electron chi connectivity index (χ0n) is 17.7. The van der Waals surface area contributed by atoms with Crippen LogP contribution >= 0.6 is 11.6 Å². The van der Waals surface area contributed by atoms with Gasteiger partial charge in [-0.2, -0.15) is 5.10 Å². The van der Waals surface area contributed by atoms with Gasteiger partial charge < -0.3 is 5.32 Å². The minimum atomic E-state index is -0.435. The third kappa shape index (κ3) is 3.44. The summed E-state index contributed by atoms with van der Waals surface area (Å²) in [6.07, 6.45) is 3.17. The van der Waals surface area contributed by atoms with E-state index in [9.17, 15) is 14.4 Å². The molecule has 3 amide bonds. The molecule has 8 nitrogen and oxygen atoms in total. The Balaban J connectivity index is 1.38. The highest BCUT2D eigenvalue weighted by atomic mass is 35.5. The first-order chi connectivity index (χ1) is 15.8. The second kappa shape index (κ2) is 7.83. The first-order valence-electron chi connectivity index (χ1n) is 10.3. The van der Waals surface area contributed by atoms with Crippen molar-refractivity contribution in [3.63, 3.8) is 0 Å². The van der Waals surface area contributed by atoms with Crippen LogP contribution in [0.3, 0.4) is 0 Å². The quantitative estimate of drug-likeness (QED) is 0.445. The van der Waals surface area contributed by atoms with Crippen LogP contribution in [0.4, 0.5) is 11.4 Å². The number of hydrogen-bond acceptors (Lipinski definition) is 5. The van der Waals surface area contributed by atoms with Gasteiger partial charge in [0.1, 0.15) is 0 Å². The summed E-state index contributed by atoms with van der Waals surface area (Å²) >= 11 is 6.40. The molecule has 3 heterocycles. The van der Waals surface area contributed by atoms with Gasteiger partial charge in [0.15, 0.2) is 5.65 Å². The third-order valence-electron chi connectivity index (χ3n) is 5.43. The van der Waals surface area contributed by atoms with Crippen molar-refractivity contribution in [3.8, 4) is 0 Å². The summed E-state index contributed by atoms with van der Waals surface area (Å²) in [7, 11) is 0. The standard InChI is InChI=1S/C24H18ClN5O3/c1-13(2)30-21-14(12-27-30)9-15(11-26-21)22(31)28-16-7-8-20(19(25)10-16)29-23(32)17-5-3-4-6-18(17)24(29)33/h3-13H,1-2H3,(H,28,31). The maximum Gasteiger partial charge on any atom is 0.266 e. The Hall–Kier alpha value is -4.04. The number of fused-ring (bicyclic) bond motifs is 2. The average Bonchev–Trinajstić information content (AvgIpc) is 3.33. The molecular formula is C24H18ClN5O3. The molecule has 5 rings (SSSR count). The molecular weight excluding hydrogens is 442 g/mol. The van der Waals surface area contributed by atoms with E-state index in [2.05, 4.69) is 15.4 Å². The summed E-state index contributed by atoms with van der Waals surface area (Å²) in [4.78, 5) is 43.6. The van der Waals surface area contributed by atoms with Crippen molar-refractivity contribution < 1.29 is 14.4 Å². The summed E-state index contributed by atoms with van der Waals surface area (Å²) in [5.74, 6) is -1.24. The molecule has 0 saturated heterocycles. The molecule has 9 heteroatoms. The molecule has 1 aliphatic heterocycles. The zero-order chi connectivity index (χ0) is 23.3. The van der Waals surface area contributed by atoms with Crippen molar-refractivity contribution in [2.45, 2.75) is 19.9 Å². The number of aromatic nitrogens is 3. The molecule has 1 aliphatic rings. The maximum absolute atomic E-state index is 12.8. The predicted octanol–water partition coefficient (Wildman–Crippen LogP) is 4.72. The molecule has 33 heavy (non-hydrogen) atoms. The summed E-state index contributed by atoms with van der Waals surface area (Å²) in [6, 6.07) is 13.1. The van der Waals surface area contributed by atoms with Crippen LogP contribution in [0, 0.1) is 0 Å². The lowest BCUT2D eigenvalue weighted by Gasteiger charge is -2.16. The van der Waals surface area contributed by atoms with Gasteiger partial charge in [-0.25, -0.2) is 14.6 Å². The molecule has 0 bridgehead atoms. The minimum absolute atomic E-state index is 0.150. The third-order valence-corrected chi connectivity index (χ3v) is 5.73. The van der Waals surface area contributed by atoms with Crippen molar-refractivity contribution >= 4 is 51.7 Å². The Labute approximate surface area is 193 Å². The topological polar surface area (TPSA) is 97.2 Å². The van der Waals surface area contributed by atoms with Crippen molar-refractivity contribution in [2.24, 2.45) is 0 Å². The van der Waals surface area contributed by atoms with Gasteiger partial charge in [0.25, 0.3) is 17.7 Å². The summed E-state index contributed by atoms with van der Waals surface area (Å²) in [5.41, 5.74) is 2.41. The Bertz CT molecular complexity index is 1420. The predicted molar refractivity (Wildman–Crippen MR) is 125 cm³/mol. The van der Waals surface area contributed by atoms with E-state index in [1.807, 2.05) is 13.8 Å². The first-order valence-corrected chi connectivity index (χ1v) is 10.6. The van der Waals surface area contributed by atoms with E-state index in [0.717, 1.165) is 10.3 Å². The number of carbonyl (C=O) groups is 3. The Morgan fingerprint density at radius 3 is 2.33 bits per heavy atom. The highest BCUT2D eigenvalue weighted by Gasteiger charge is 2.37. The number of nitrogens with zero attached hydrogens (tertiary/aromatic N) is 4. The van der Waals surface area contributed by atoms with E-state index < -0.39 is 11.8 Å². The highest BCUT2D eigenvalue weighted by Crippen LogP contribution is 2.35. The van der Waals surface area contributed by atoms with Gasteiger partial charge in [-0.3, -0.25) is 14.4 Å². The molecule has 164 valence electrons. The molecule has 0 aliphatic carbocycles. The monoisotopic (exact) mass is 459 g/mol. The number of amides is 3. The Morgan fingerprint density at radius 1 is 1.00 bits per heavy atom. The molecule has 2 aromatic heterocycles. The van der Waals surface area contributed by atoms with Crippen LogP contribution in [0.25, 0.3) is 11.0 Å². The van der Waals surface area contributed by atoms with E-state index in [-0.39, 0.29) is 22.7 Å². The normalized spacial score (nSPS) is 13.2. The fourth-order valence-electron chi connectivity index (χ4n) is 3.82. The van der Waals surface area contributed by atoms with Crippen molar-refractivity contribution in [1.29, 1.82) is 0 Å². The fraction of sp³-hybridized carbons (Fsp3) is 0.125. The number of nitrogens with one attached hydrogen (secondary N) is 1. The molecule has 0 saturated carbocycles. The largest absolute Gasteiger partial charge is 0.322 e. The first kappa shape index (κ1) is 20.8. The van der Waals surface area contributed by atoms with E-state index in [1.54, 1.807) is 47.3 Å². The van der Waals surface area contributed by atoms with Crippen molar-refractivity contribution in [2.75, 3.05) is 10.2 Å². The number of imide groups is 1. The van der Waals surface area contributed by atoms with Crippen LogP contribution in [0.15, 0.2) is 60.9 Å². The average molecular weight is 460 g/mol. The van der Waals surface area contributed by atoms with Crippen LogP contribution < -0.4 is 10.2 Å². The van der Waals surface area contributed by atoms with Gasteiger partial charge in [-0.05, 0) is 50.2 Å². The maximum atomic E-state index is 12.8. The second-order valence-electron chi connectivity index (χ2n) is 7.93. The van der Waals surface area contributed by atoms with Crippen LogP contribution in [-0.4, -0.2) is 32.5 Å². The van der Waals surface area contributed by atoms with Gasteiger partial charge >= 0.3 is 0 Å². The lowest BCUT2D eigenvalue weighted by Crippen LogP contribution is -2.29. The summed E-state index contributed by atoms with van der Waals surface area (Å²) in [6.45, 7) is 4.01. The number of halogens is 1. The number of benzene rings is 2. The van der Waals surface area contributed by atoms with Gasteiger partial charge in [0.05, 0.1) is 33.6 Å². The van der Waals surface area contributed by atoms with Gasteiger partial charge in [0, 0.05) is 23.3 Å². The number of anilines is 2. The number of hydrogen-bond donors (Lipinski definition) is 1. The summed E-state index contributed by atoms with van der Waals surface area (Å²) in [5, 5.41) is 8.00. The Morgan fingerprint density at radius 2 is 1.70 bits per heavy atom. The van der Waals surface area contributed by atoms with Crippen LogP contribution in [-0.2, 0) is 0 Å². The molecule has 0 atom stereocenters. The molecule has 0 unspecified atom stereocenters. The zero-order valence-corrected chi connectivity index (χ0v) is 18.5. The molecule has 1 N–H and O–H groups in total. The summed E-state index contributed by atoms with van der Waals surface area (Å²) < 4.78 is 1.79. The van der Waals surface area contributed by atoms with Crippen LogP contribution in [0.5, 0.6) is 0 Å². The second-order valence-corrected chi connectivity index (χ2v) is 8.34. The number of carbonyl (C=O) groups excluding carboxylic acids is 3. The van der Waals surface area contributed by atoms with Gasteiger partial charge in [0.2, 0.25) is 0 Å². The molecule has 0 radical (unpaired) electrons.